The lowest BCUT2D eigenvalue weighted by molar-refractivity contribution is -0.385. The number of nitrogens with zero attached hydrogens (tertiary/aromatic N) is 4. The summed E-state index contributed by atoms with van der Waals surface area (Å²) in [6.07, 6.45) is 2.98. The summed E-state index contributed by atoms with van der Waals surface area (Å²) >= 11 is 0. The van der Waals surface area contributed by atoms with Crippen LogP contribution in [0, 0.1) is 17.0 Å². The number of hydrogen-bond acceptors (Lipinski definition) is 5. The number of amides is 1. The maximum absolute atomic E-state index is 12.3. The average molecular weight is 323 g/mol. The van der Waals surface area contributed by atoms with Gasteiger partial charge in [0.05, 0.1) is 10.6 Å². The molecule has 0 aliphatic rings. The van der Waals surface area contributed by atoms with Gasteiger partial charge >= 0.3 is 0 Å². The number of anilines is 1. The van der Waals surface area contributed by atoms with E-state index in [1.165, 1.54) is 12.4 Å². The fraction of sp³-hybridized carbons (Fsp3) is 0.0625. The van der Waals surface area contributed by atoms with Crippen LogP contribution in [0.15, 0.2) is 55.1 Å². The second-order valence-corrected chi connectivity index (χ2v) is 5.10. The molecule has 0 atom stereocenters. The smallest absolute Gasteiger partial charge is 0.274 e. The first-order chi connectivity index (χ1) is 11.5. The van der Waals surface area contributed by atoms with Crippen molar-refractivity contribution in [1.29, 1.82) is 0 Å². The Bertz CT molecular complexity index is 889. The lowest BCUT2D eigenvalue weighted by atomic mass is 10.1. The Morgan fingerprint density at radius 1 is 1.21 bits per heavy atom. The third-order valence-electron chi connectivity index (χ3n) is 3.48. The Balaban J connectivity index is 1.78. The summed E-state index contributed by atoms with van der Waals surface area (Å²) in [5.41, 5.74) is 2.08. The van der Waals surface area contributed by atoms with Crippen molar-refractivity contribution in [2.75, 3.05) is 5.32 Å². The number of nitrogens with one attached hydrogen (secondary N) is 1. The number of aromatic nitrogens is 3. The molecule has 1 N–H and O–H groups in total. The summed E-state index contributed by atoms with van der Waals surface area (Å²) in [5.74, 6) is -0.349. The van der Waals surface area contributed by atoms with Crippen LogP contribution < -0.4 is 5.32 Å². The minimum Gasteiger partial charge on any atom is -0.322 e. The van der Waals surface area contributed by atoms with E-state index in [1.54, 1.807) is 54.3 Å². The van der Waals surface area contributed by atoms with Crippen molar-refractivity contribution >= 4 is 17.3 Å². The minimum absolute atomic E-state index is 0.0330. The number of nitro benzene ring substituents is 1. The largest absolute Gasteiger partial charge is 0.322 e. The van der Waals surface area contributed by atoms with E-state index in [9.17, 15) is 14.9 Å². The van der Waals surface area contributed by atoms with Crippen LogP contribution in [0.25, 0.3) is 5.69 Å². The Hall–Kier alpha value is -3.55. The Morgan fingerprint density at radius 3 is 2.58 bits per heavy atom. The van der Waals surface area contributed by atoms with Gasteiger partial charge < -0.3 is 5.32 Å². The monoisotopic (exact) mass is 323 g/mol. The van der Waals surface area contributed by atoms with Crippen LogP contribution in [0.5, 0.6) is 0 Å². The van der Waals surface area contributed by atoms with Crippen molar-refractivity contribution in [3.05, 3.63) is 76.4 Å². The highest BCUT2D eigenvalue weighted by molar-refractivity contribution is 6.04. The van der Waals surface area contributed by atoms with Gasteiger partial charge in [0.2, 0.25) is 0 Å². The quantitative estimate of drug-likeness (QED) is 0.587. The summed E-state index contributed by atoms with van der Waals surface area (Å²) in [6, 6.07) is 11.3. The topological polar surface area (TPSA) is 103 Å². The third-order valence-corrected chi connectivity index (χ3v) is 3.48. The molecular weight excluding hydrogens is 310 g/mol. The zero-order chi connectivity index (χ0) is 17.1. The molecule has 0 radical (unpaired) electrons. The van der Waals surface area contributed by atoms with E-state index in [1.807, 2.05) is 0 Å². The molecule has 0 spiro atoms. The lowest BCUT2D eigenvalue weighted by Gasteiger charge is -2.07. The fourth-order valence-corrected chi connectivity index (χ4v) is 2.19. The third kappa shape index (κ3) is 3.12. The lowest BCUT2D eigenvalue weighted by Crippen LogP contribution is -2.12. The first kappa shape index (κ1) is 15.3. The van der Waals surface area contributed by atoms with E-state index in [2.05, 4.69) is 15.4 Å². The number of carbonyl (C=O) groups is 1. The molecule has 3 rings (SSSR count). The zero-order valence-electron chi connectivity index (χ0n) is 12.7. The molecule has 2 aromatic carbocycles. The van der Waals surface area contributed by atoms with Crippen LogP contribution >= 0.6 is 0 Å². The Labute approximate surface area is 136 Å². The van der Waals surface area contributed by atoms with Crippen LogP contribution in [0.2, 0.25) is 0 Å². The van der Waals surface area contributed by atoms with Gasteiger partial charge in [0.25, 0.3) is 11.6 Å². The molecule has 24 heavy (non-hydrogen) atoms. The second-order valence-electron chi connectivity index (χ2n) is 5.10. The fourth-order valence-electron chi connectivity index (χ4n) is 2.19. The summed E-state index contributed by atoms with van der Waals surface area (Å²) < 4.78 is 1.57. The molecule has 1 aromatic heterocycles. The first-order valence-corrected chi connectivity index (χ1v) is 7.06. The predicted molar refractivity (Wildman–Crippen MR) is 87.1 cm³/mol. The highest BCUT2D eigenvalue weighted by Gasteiger charge is 2.13. The molecule has 8 nitrogen and oxygen atoms in total. The van der Waals surface area contributed by atoms with E-state index in [4.69, 9.17) is 0 Å². The van der Waals surface area contributed by atoms with Crippen molar-refractivity contribution in [2.45, 2.75) is 6.92 Å². The summed E-state index contributed by atoms with van der Waals surface area (Å²) in [7, 11) is 0. The maximum Gasteiger partial charge on any atom is 0.274 e. The molecule has 0 saturated carbocycles. The van der Waals surface area contributed by atoms with Gasteiger partial charge in [-0.3, -0.25) is 14.9 Å². The van der Waals surface area contributed by atoms with Crippen LogP contribution in [-0.2, 0) is 0 Å². The van der Waals surface area contributed by atoms with Gasteiger partial charge in [0.1, 0.15) is 12.7 Å². The van der Waals surface area contributed by atoms with Crippen molar-refractivity contribution in [3.63, 3.8) is 0 Å². The minimum atomic E-state index is -0.474. The summed E-state index contributed by atoms with van der Waals surface area (Å²) in [5, 5.41) is 17.6. The zero-order valence-corrected chi connectivity index (χ0v) is 12.7. The van der Waals surface area contributed by atoms with Gasteiger partial charge in [-0.05, 0) is 37.3 Å². The van der Waals surface area contributed by atoms with Gasteiger partial charge in [-0.1, -0.05) is 6.07 Å². The van der Waals surface area contributed by atoms with Crippen molar-refractivity contribution in [2.24, 2.45) is 0 Å². The average Bonchev–Trinajstić information content (AvgIpc) is 3.11. The molecule has 0 bridgehead atoms. The SMILES string of the molecule is Cc1ccc(NC(=O)c2ccc(-n3cncn3)cc2)cc1[N+](=O)[O-]. The molecular formula is C16H13N5O3. The van der Waals surface area contributed by atoms with E-state index >= 15 is 0 Å². The first-order valence-electron chi connectivity index (χ1n) is 7.06. The number of hydrogen-bond donors (Lipinski definition) is 1. The standard InChI is InChI=1S/C16H13N5O3/c1-11-2-5-13(8-15(11)21(23)24)19-16(22)12-3-6-14(7-4-12)20-10-17-9-18-20/h2-10H,1H3,(H,19,22). The molecule has 1 heterocycles. The summed E-state index contributed by atoms with van der Waals surface area (Å²) in [6.45, 7) is 1.65. The molecule has 1 amide bonds. The number of rotatable bonds is 4. The highest BCUT2D eigenvalue weighted by atomic mass is 16.6. The number of benzene rings is 2. The van der Waals surface area contributed by atoms with Crippen molar-refractivity contribution in [3.8, 4) is 5.69 Å². The Morgan fingerprint density at radius 2 is 1.96 bits per heavy atom. The van der Waals surface area contributed by atoms with Gasteiger partial charge in [-0.25, -0.2) is 9.67 Å². The van der Waals surface area contributed by atoms with Crippen LogP contribution in [0.3, 0.4) is 0 Å². The predicted octanol–water partition coefficient (Wildman–Crippen LogP) is 2.74. The van der Waals surface area contributed by atoms with Gasteiger partial charge in [0.15, 0.2) is 0 Å². The molecule has 0 saturated heterocycles. The Kier molecular flexibility index (Phi) is 4.02. The number of aryl methyl sites for hydroxylation is 1. The number of nitro groups is 1. The summed E-state index contributed by atoms with van der Waals surface area (Å²) in [4.78, 5) is 26.6. The second kappa shape index (κ2) is 6.29. The van der Waals surface area contributed by atoms with E-state index < -0.39 is 4.92 Å². The van der Waals surface area contributed by atoms with E-state index in [-0.39, 0.29) is 11.6 Å². The van der Waals surface area contributed by atoms with E-state index in [0.717, 1.165) is 5.69 Å². The van der Waals surface area contributed by atoms with E-state index in [0.29, 0.717) is 16.8 Å². The van der Waals surface area contributed by atoms with Crippen LogP contribution in [0.4, 0.5) is 11.4 Å². The van der Waals surface area contributed by atoms with Crippen molar-refractivity contribution < 1.29 is 9.72 Å². The molecule has 0 unspecified atom stereocenters. The van der Waals surface area contributed by atoms with Crippen molar-refractivity contribution in [1.82, 2.24) is 14.8 Å². The molecule has 0 aliphatic heterocycles. The molecule has 120 valence electrons. The van der Waals surface area contributed by atoms with Crippen LogP contribution in [0.1, 0.15) is 15.9 Å². The van der Waals surface area contributed by atoms with Gasteiger partial charge in [0, 0.05) is 22.9 Å². The molecule has 3 aromatic rings. The van der Waals surface area contributed by atoms with Crippen LogP contribution in [-0.4, -0.2) is 25.6 Å². The maximum atomic E-state index is 12.3. The van der Waals surface area contributed by atoms with Gasteiger partial charge in [-0.2, -0.15) is 5.10 Å². The number of carbonyl (C=O) groups excluding carboxylic acids is 1. The highest BCUT2D eigenvalue weighted by Crippen LogP contribution is 2.22. The van der Waals surface area contributed by atoms with Gasteiger partial charge in [-0.15, -0.1) is 0 Å². The molecule has 8 heteroatoms. The normalized spacial score (nSPS) is 10.4. The molecule has 0 aliphatic carbocycles. The molecule has 0 fully saturated rings.